The number of hydrogen-bond acceptors (Lipinski definition) is 3. The Labute approximate surface area is 190 Å². The lowest BCUT2D eigenvalue weighted by atomic mass is 9.96. The zero-order valence-electron chi connectivity index (χ0n) is 17.0. The molecule has 1 aliphatic heterocycles. The quantitative estimate of drug-likeness (QED) is 0.500. The molecule has 5 nitrogen and oxygen atoms in total. The van der Waals surface area contributed by atoms with Crippen molar-refractivity contribution in [1.29, 1.82) is 0 Å². The summed E-state index contributed by atoms with van der Waals surface area (Å²) < 4.78 is 3.33. The summed E-state index contributed by atoms with van der Waals surface area (Å²) in [5.41, 5.74) is 5.62. The van der Waals surface area contributed by atoms with Crippen molar-refractivity contribution in [2.45, 2.75) is 32.4 Å². The first-order chi connectivity index (χ1) is 14.5. The molecule has 2 aromatic heterocycles. The summed E-state index contributed by atoms with van der Waals surface area (Å²) in [4.78, 5) is 6.80. The van der Waals surface area contributed by atoms with Crippen molar-refractivity contribution < 1.29 is 5.11 Å². The van der Waals surface area contributed by atoms with Gasteiger partial charge in [-0.25, -0.2) is 0 Å². The highest BCUT2D eigenvalue weighted by Crippen LogP contribution is 2.41. The second-order valence-corrected chi connectivity index (χ2v) is 8.75. The van der Waals surface area contributed by atoms with Crippen LogP contribution < -0.4 is 5.32 Å². The fourth-order valence-electron chi connectivity index (χ4n) is 4.32. The number of hydrogen-bond donors (Lipinski definition) is 2. The molecule has 30 heavy (non-hydrogen) atoms. The van der Waals surface area contributed by atoms with E-state index in [1.165, 1.54) is 11.3 Å². The van der Waals surface area contributed by atoms with Gasteiger partial charge in [0.1, 0.15) is 0 Å². The van der Waals surface area contributed by atoms with E-state index < -0.39 is 0 Å². The zero-order valence-corrected chi connectivity index (χ0v) is 19.4. The maximum absolute atomic E-state index is 9.42. The van der Waals surface area contributed by atoms with Crippen LogP contribution in [0.25, 0.3) is 5.69 Å². The van der Waals surface area contributed by atoms with E-state index in [1.807, 2.05) is 30.5 Å². The van der Waals surface area contributed by atoms with Gasteiger partial charge < -0.3 is 19.9 Å². The van der Waals surface area contributed by atoms with Crippen molar-refractivity contribution in [2.75, 3.05) is 13.2 Å². The Kier molecular flexibility index (Phi) is 6.22. The minimum Gasteiger partial charge on any atom is -0.396 e. The lowest BCUT2D eigenvalue weighted by molar-refractivity contribution is 0.247. The standard InChI is InChI=1S/C23H25BrN4OS/c1-15-14-17(16(2)28(15)20-10-4-3-8-18(20)24)22-21(19-9-5-6-11-25-19)26-23(30)27(22)12-7-13-29/h3-6,8-11,14,21-22,29H,7,12-13H2,1-2H3,(H,26,30)/t21-,22-/m0/s1. The molecule has 0 amide bonds. The number of aliphatic hydroxyl groups is 1. The minimum absolute atomic E-state index is 0.00128. The molecular weight excluding hydrogens is 460 g/mol. The van der Waals surface area contributed by atoms with Crippen molar-refractivity contribution in [3.8, 4) is 5.69 Å². The highest BCUT2D eigenvalue weighted by atomic mass is 79.9. The third-order valence-corrected chi connectivity index (χ3v) is 6.66. The summed E-state index contributed by atoms with van der Waals surface area (Å²) in [6.07, 6.45) is 2.48. The summed E-state index contributed by atoms with van der Waals surface area (Å²) in [5.74, 6) is 0. The van der Waals surface area contributed by atoms with Crippen LogP contribution in [-0.2, 0) is 0 Å². The highest BCUT2D eigenvalue weighted by Gasteiger charge is 2.41. The van der Waals surface area contributed by atoms with E-state index in [2.05, 4.69) is 73.8 Å². The Balaban J connectivity index is 1.83. The molecule has 0 radical (unpaired) electrons. The molecule has 2 atom stereocenters. The van der Waals surface area contributed by atoms with Gasteiger partial charge in [0.05, 0.1) is 23.5 Å². The normalized spacial score (nSPS) is 18.7. The van der Waals surface area contributed by atoms with E-state index in [4.69, 9.17) is 12.2 Å². The van der Waals surface area contributed by atoms with Gasteiger partial charge in [-0.3, -0.25) is 4.98 Å². The number of benzene rings is 1. The number of halogens is 1. The van der Waals surface area contributed by atoms with Crippen LogP contribution in [0, 0.1) is 13.8 Å². The van der Waals surface area contributed by atoms with Crippen LogP contribution in [-0.4, -0.2) is 37.8 Å². The number of thiocarbonyl (C=S) groups is 1. The van der Waals surface area contributed by atoms with E-state index in [-0.39, 0.29) is 18.7 Å². The van der Waals surface area contributed by atoms with Crippen molar-refractivity contribution in [1.82, 2.24) is 19.8 Å². The number of aryl methyl sites for hydroxylation is 1. The molecule has 2 N–H and O–H groups in total. The molecule has 0 unspecified atom stereocenters. The van der Waals surface area contributed by atoms with Gasteiger partial charge in [-0.15, -0.1) is 0 Å². The average molecular weight is 485 g/mol. The van der Waals surface area contributed by atoms with E-state index in [9.17, 15) is 5.11 Å². The van der Waals surface area contributed by atoms with Crippen molar-refractivity contribution >= 4 is 33.3 Å². The van der Waals surface area contributed by atoms with Gasteiger partial charge >= 0.3 is 0 Å². The third kappa shape index (κ3) is 3.77. The zero-order chi connectivity index (χ0) is 21.3. The number of aliphatic hydroxyl groups excluding tert-OH is 1. The summed E-state index contributed by atoms with van der Waals surface area (Å²) >= 11 is 9.39. The number of rotatable bonds is 6. The predicted octanol–water partition coefficient (Wildman–Crippen LogP) is 4.61. The number of pyridine rings is 1. The third-order valence-electron chi connectivity index (χ3n) is 5.64. The largest absolute Gasteiger partial charge is 0.396 e. The number of aromatic nitrogens is 2. The SMILES string of the molecule is Cc1cc([C@H]2[C@H](c3ccccn3)NC(=S)N2CCCO)c(C)n1-c1ccccc1Br. The van der Waals surface area contributed by atoms with Crippen LogP contribution in [0.3, 0.4) is 0 Å². The monoisotopic (exact) mass is 484 g/mol. The van der Waals surface area contributed by atoms with Gasteiger partial charge in [0.15, 0.2) is 5.11 Å². The van der Waals surface area contributed by atoms with Crippen molar-refractivity contribution in [3.05, 3.63) is 81.8 Å². The van der Waals surface area contributed by atoms with E-state index in [1.54, 1.807) is 0 Å². The number of nitrogens with one attached hydrogen (secondary N) is 1. The summed E-state index contributed by atoms with van der Waals surface area (Å²) in [6.45, 7) is 5.11. The first-order valence-electron chi connectivity index (χ1n) is 10.1. The predicted molar refractivity (Wildman–Crippen MR) is 127 cm³/mol. The van der Waals surface area contributed by atoms with E-state index >= 15 is 0 Å². The minimum atomic E-state index is -0.0504. The first-order valence-corrected chi connectivity index (χ1v) is 11.3. The van der Waals surface area contributed by atoms with Crippen molar-refractivity contribution in [2.24, 2.45) is 0 Å². The lowest BCUT2D eigenvalue weighted by Crippen LogP contribution is -2.31. The second-order valence-electron chi connectivity index (χ2n) is 7.51. The van der Waals surface area contributed by atoms with Crippen LogP contribution >= 0.6 is 28.1 Å². The van der Waals surface area contributed by atoms with Gasteiger partial charge in [0.2, 0.25) is 0 Å². The van der Waals surface area contributed by atoms with Gasteiger partial charge in [0, 0.05) is 35.2 Å². The molecular formula is C23H25BrN4OS. The van der Waals surface area contributed by atoms with Gasteiger partial charge in [-0.1, -0.05) is 18.2 Å². The van der Waals surface area contributed by atoms with Crippen molar-refractivity contribution in [3.63, 3.8) is 0 Å². The second kappa shape index (κ2) is 8.88. The Bertz CT molecular complexity index is 1050. The fraction of sp³-hybridized carbons (Fsp3) is 0.304. The molecule has 7 heteroatoms. The van der Waals surface area contributed by atoms with Gasteiger partial charge in [-0.05, 0) is 84.3 Å². The summed E-state index contributed by atoms with van der Waals surface area (Å²) in [7, 11) is 0. The average Bonchev–Trinajstić information content (AvgIpc) is 3.23. The summed E-state index contributed by atoms with van der Waals surface area (Å²) in [5, 5.41) is 13.6. The maximum Gasteiger partial charge on any atom is 0.170 e. The molecule has 0 aliphatic carbocycles. The van der Waals surface area contributed by atoms with Crippen LogP contribution in [0.1, 0.15) is 41.1 Å². The molecule has 1 saturated heterocycles. The van der Waals surface area contributed by atoms with Gasteiger partial charge in [0.25, 0.3) is 0 Å². The highest BCUT2D eigenvalue weighted by molar-refractivity contribution is 9.10. The maximum atomic E-state index is 9.42. The lowest BCUT2D eigenvalue weighted by Gasteiger charge is -2.28. The topological polar surface area (TPSA) is 53.3 Å². The molecule has 4 rings (SSSR count). The Morgan fingerprint density at radius 3 is 2.63 bits per heavy atom. The molecule has 0 spiro atoms. The van der Waals surface area contributed by atoms with Crippen LogP contribution in [0.2, 0.25) is 0 Å². The van der Waals surface area contributed by atoms with E-state index in [0.29, 0.717) is 18.1 Å². The van der Waals surface area contributed by atoms with E-state index in [0.717, 1.165) is 21.5 Å². The molecule has 156 valence electrons. The van der Waals surface area contributed by atoms with Crippen LogP contribution in [0.5, 0.6) is 0 Å². The Morgan fingerprint density at radius 1 is 1.17 bits per heavy atom. The number of para-hydroxylation sites is 1. The smallest absolute Gasteiger partial charge is 0.170 e. The molecule has 0 bridgehead atoms. The van der Waals surface area contributed by atoms with Crippen LogP contribution in [0.15, 0.2) is 59.2 Å². The fourth-order valence-corrected chi connectivity index (χ4v) is 5.11. The Hall–Kier alpha value is -2.22. The molecule has 1 aromatic carbocycles. The Morgan fingerprint density at radius 2 is 1.93 bits per heavy atom. The summed E-state index contributed by atoms with van der Waals surface area (Å²) in [6, 6.07) is 16.4. The first kappa shape index (κ1) is 21.0. The molecule has 1 fully saturated rings. The van der Waals surface area contributed by atoms with Gasteiger partial charge in [-0.2, -0.15) is 0 Å². The van der Waals surface area contributed by atoms with Crippen LogP contribution in [0.4, 0.5) is 0 Å². The molecule has 3 aromatic rings. The number of nitrogens with zero attached hydrogens (tertiary/aromatic N) is 3. The molecule has 0 saturated carbocycles. The molecule has 3 heterocycles. The molecule has 1 aliphatic rings.